The fraction of sp³-hybridized carbons (Fsp3) is 0. The second-order valence-electron chi connectivity index (χ2n) is 14.9. The number of hydrogen-bond donors (Lipinski definition) is 0. The van der Waals surface area contributed by atoms with Crippen molar-refractivity contribution in [2.45, 2.75) is 0 Å². The summed E-state index contributed by atoms with van der Waals surface area (Å²) in [6.07, 6.45) is 0. The first kappa shape index (κ1) is 29.8. The lowest BCUT2D eigenvalue weighted by Crippen LogP contribution is -2.04. The summed E-state index contributed by atoms with van der Waals surface area (Å²) < 4.78 is 8.72. The summed E-state index contributed by atoms with van der Waals surface area (Å²) in [5.41, 5.74) is 6.61. The van der Waals surface area contributed by atoms with Crippen LogP contribution in [0.15, 0.2) is 180 Å². The van der Waals surface area contributed by atoms with Gasteiger partial charge in [-0.1, -0.05) is 140 Å². The quantitative estimate of drug-likeness (QED) is 0.168. The average Bonchev–Trinajstić information content (AvgIpc) is 3.81. The Morgan fingerprint density at radius 2 is 0.893 bits per heavy atom. The third kappa shape index (κ3) is 3.97. The topological polar surface area (TPSA) is 43.9 Å². The molecule has 10 aromatic carbocycles. The molecule has 0 fully saturated rings. The van der Waals surface area contributed by atoms with E-state index < -0.39 is 0 Å². The van der Waals surface area contributed by atoms with Gasteiger partial charge >= 0.3 is 0 Å². The van der Waals surface area contributed by atoms with Crippen LogP contribution in [-0.4, -0.2) is 14.5 Å². The number of para-hydroxylation sites is 1. The highest BCUT2D eigenvalue weighted by Gasteiger charge is 2.23. The number of furan rings is 1. The van der Waals surface area contributed by atoms with Crippen LogP contribution in [-0.2, 0) is 0 Å². The molecule has 0 bridgehead atoms. The second kappa shape index (κ2) is 11.0. The zero-order valence-corrected chi connectivity index (χ0v) is 30.0. The molecule has 0 atom stereocenters. The van der Waals surface area contributed by atoms with E-state index in [1.165, 1.54) is 53.9 Å². The van der Waals surface area contributed by atoms with Crippen LogP contribution in [0.5, 0.6) is 0 Å². The lowest BCUT2D eigenvalue weighted by molar-refractivity contribution is 0.669. The molecule has 13 rings (SSSR count). The van der Waals surface area contributed by atoms with Crippen molar-refractivity contribution in [1.29, 1.82) is 0 Å². The summed E-state index contributed by atoms with van der Waals surface area (Å²) in [6.45, 7) is 0. The standard InChI is InChI=1S/C52H29N3O/c1-3-13-33-30(11-1)22-26-42-48(33)51(32-21-24-39-38-18-9-10-20-45(38)56-46(39)29-32)54-52(53-42)55-43-27-23-31-12-2-4-14-34(31)49(43)50-44(55)28-25-41-37-17-6-5-15-35(37)36-16-7-8-19-40(36)47(41)50/h1-29H. The van der Waals surface area contributed by atoms with Crippen LogP contribution in [0.25, 0.3) is 126 Å². The van der Waals surface area contributed by atoms with Crippen molar-refractivity contribution in [3.8, 4) is 17.2 Å². The maximum Gasteiger partial charge on any atom is 0.235 e. The van der Waals surface area contributed by atoms with Gasteiger partial charge in [0.1, 0.15) is 11.2 Å². The van der Waals surface area contributed by atoms with Gasteiger partial charge in [0.15, 0.2) is 0 Å². The van der Waals surface area contributed by atoms with E-state index in [9.17, 15) is 0 Å². The maximum atomic E-state index is 6.43. The van der Waals surface area contributed by atoms with Crippen molar-refractivity contribution in [1.82, 2.24) is 14.5 Å². The zero-order chi connectivity index (χ0) is 36.5. The van der Waals surface area contributed by atoms with Crippen molar-refractivity contribution < 1.29 is 4.42 Å². The molecule has 3 aromatic heterocycles. The van der Waals surface area contributed by atoms with Crippen LogP contribution < -0.4 is 0 Å². The summed E-state index contributed by atoms with van der Waals surface area (Å²) in [5.74, 6) is 0.632. The number of hydrogen-bond acceptors (Lipinski definition) is 3. The molecular weight excluding hydrogens is 683 g/mol. The third-order valence-corrected chi connectivity index (χ3v) is 12.0. The normalized spacial score (nSPS) is 12.3. The van der Waals surface area contributed by atoms with E-state index in [0.717, 1.165) is 65.9 Å². The molecule has 0 radical (unpaired) electrons. The van der Waals surface area contributed by atoms with Gasteiger partial charge in [-0.3, -0.25) is 4.57 Å². The molecule has 0 aliphatic rings. The van der Waals surface area contributed by atoms with Crippen molar-refractivity contribution in [2.75, 3.05) is 0 Å². The van der Waals surface area contributed by atoms with Gasteiger partial charge in [-0.25, -0.2) is 9.97 Å². The Morgan fingerprint density at radius 1 is 0.357 bits per heavy atom. The molecule has 258 valence electrons. The molecule has 0 saturated heterocycles. The number of nitrogens with zero attached hydrogens (tertiary/aromatic N) is 3. The molecule has 3 heterocycles. The second-order valence-corrected chi connectivity index (χ2v) is 14.9. The van der Waals surface area contributed by atoms with E-state index >= 15 is 0 Å². The molecule has 0 spiro atoms. The van der Waals surface area contributed by atoms with E-state index in [1.54, 1.807) is 0 Å². The van der Waals surface area contributed by atoms with E-state index in [4.69, 9.17) is 14.4 Å². The van der Waals surface area contributed by atoms with Crippen LogP contribution in [0.3, 0.4) is 0 Å². The molecule has 0 amide bonds. The fourth-order valence-corrected chi connectivity index (χ4v) is 9.55. The molecule has 4 nitrogen and oxygen atoms in total. The number of rotatable bonds is 2. The number of benzene rings is 10. The SMILES string of the molecule is c1ccc2c(c1)ccc1nc(-n3c4ccc5ccccc5c4c4c5c6ccccc6c6ccccc6c5ccc43)nc(-c3ccc4c(c3)oc3ccccc34)c12. The minimum absolute atomic E-state index is 0.632. The molecule has 0 unspecified atom stereocenters. The zero-order valence-electron chi connectivity index (χ0n) is 30.0. The lowest BCUT2D eigenvalue weighted by atomic mass is 9.91. The fourth-order valence-electron chi connectivity index (χ4n) is 9.55. The molecule has 0 aliphatic heterocycles. The molecule has 0 aliphatic carbocycles. The Labute approximate surface area is 319 Å². The summed E-state index contributed by atoms with van der Waals surface area (Å²) in [6, 6.07) is 63.0. The Bertz CT molecular complexity index is 3800. The highest BCUT2D eigenvalue weighted by molar-refractivity contribution is 6.37. The van der Waals surface area contributed by atoms with Crippen LogP contribution in [0.1, 0.15) is 0 Å². The number of fused-ring (bicyclic) bond motifs is 18. The van der Waals surface area contributed by atoms with Crippen molar-refractivity contribution in [2.24, 2.45) is 0 Å². The van der Waals surface area contributed by atoms with Gasteiger partial charge in [0.2, 0.25) is 5.95 Å². The van der Waals surface area contributed by atoms with Gasteiger partial charge in [0.25, 0.3) is 0 Å². The first-order valence-corrected chi connectivity index (χ1v) is 19.1. The van der Waals surface area contributed by atoms with Gasteiger partial charge in [-0.05, 0) is 84.9 Å². The van der Waals surface area contributed by atoms with Gasteiger partial charge < -0.3 is 4.42 Å². The van der Waals surface area contributed by atoms with E-state index in [2.05, 4.69) is 168 Å². The van der Waals surface area contributed by atoms with Crippen LogP contribution in [0, 0.1) is 0 Å². The monoisotopic (exact) mass is 711 g/mol. The van der Waals surface area contributed by atoms with E-state index in [-0.39, 0.29) is 0 Å². The number of aromatic nitrogens is 3. The molecule has 56 heavy (non-hydrogen) atoms. The Morgan fingerprint density at radius 3 is 1.66 bits per heavy atom. The highest BCUT2D eigenvalue weighted by Crippen LogP contribution is 2.46. The molecular formula is C52H29N3O. The highest BCUT2D eigenvalue weighted by atomic mass is 16.3. The van der Waals surface area contributed by atoms with Crippen molar-refractivity contribution in [3.05, 3.63) is 176 Å². The van der Waals surface area contributed by atoms with Crippen molar-refractivity contribution in [3.63, 3.8) is 0 Å². The minimum Gasteiger partial charge on any atom is -0.456 e. The Kier molecular flexibility index (Phi) is 5.86. The van der Waals surface area contributed by atoms with E-state index in [0.29, 0.717) is 5.95 Å². The summed E-state index contributed by atoms with van der Waals surface area (Å²) >= 11 is 0. The Balaban J connectivity index is 1.21. The maximum absolute atomic E-state index is 6.43. The van der Waals surface area contributed by atoms with Gasteiger partial charge in [0, 0.05) is 37.9 Å². The van der Waals surface area contributed by atoms with Gasteiger partial charge in [0.05, 0.1) is 22.2 Å². The van der Waals surface area contributed by atoms with E-state index in [1.807, 2.05) is 12.1 Å². The third-order valence-electron chi connectivity index (χ3n) is 12.0. The Hall–Kier alpha value is -7.56. The van der Waals surface area contributed by atoms with Crippen LogP contribution in [0.4, 0.5) is 0 Å². The first-order chi connectivity index (χ1) is 27.8. The summed E-state index contributed by atoms with van der Waals surface area (Å²) in [4.78, 5) is 11.1. The van der Waals surface area contributed by atoms with Gasteiger partial charge in [-0.15, -0.1) is 0 Å². The molecule has 0 N–H and O–H groups in total. The first-order valence-electron chi connectivity index (χ1n) is 19.1. The largest absolute Gasteiger partial charge is 0.456 e. The molecule has 13 aromatic rings. The smallest absolute Gasteiger partial charge is 0.235 e. The molecule has 4 heteroatoms. The van der Waals surface area contributed by atoms with Gasteiger partial charge in [-0.2, -0.15) is 0 Å². The average molecular weight is 712 g/mol. The minimum atomic E-state index is 0.632. The lowest BCUT2D eigenvalue weighted by Gasteiger charge is -2.14. The predicted octanol–water partition coefficient (Wildman–Crippen LogP) is 14.1. The van der Waals surface area contributed by atoms with Crippen LogP contribution >= 0.6 is 0 Å². The summed E-state index contributed by atoms with van der Waals surface area (Å²) in [7, 11) is 0. The molecule has 0 saturated carbocycles. The summed E-state index contributed by atoms with van der Waals surface area (Å²) in [5, 5.41) is 17.8. The van der Waals surface area contributed by atoms with Crippen LogP contribution in [0.2, 0.25) is 0 Å². The predicted molar refractivity (Wildman–Crippen MR) is 234 cm³/mol. The van der Waals surface area contributed by atoms with Crippen molar-refractivity contribution >= 4 is 109 Å².